The van der Waals surface area contributed by atoms with E-state index in [1.807, 2.05) is 0 Å². The summed E-state index contributed by atoms with van der Waals surface area (Å²) in [5.41, 5.74) is 1.20. The molecule has 0 saturated carbocycles. The number of hydrogen-bond donors (Lipinski definition) is 4. The second-order valence-electron chi connectivity index (χ2n) is 4.41. The molecule has 0 atom stereocenters. The van der Waals surface area contributed by atoms with Crippen molar-refractivity contribution in [1.29, 1.82) is 0 Å². The molecule has 8 nitrogen and oxygen atoms in total. The summed E-state index contributed by atoms with van der Waals surface area (Å²) >= 11 is 0. The maximum atomic E-state index is 11.6. The molecular formula is C16H22N4O4. The maximum absolute atomic E-state index is 11.6. The van der Waals surface area contributed by atoms with Crippen molar-refractivity contribution in [3.05, 3.63) is 49.9 Å². The molecule has 0 bridgehead atoms. The van der Waals surface area contributed by atoms with Crippen LogP contribution in [0.4, 0.5) is 21.0 Å². The Morgan fingerprint density at radius 3 is 1.54 bits per heavy atom. The van der Waals surface area contributed by atoms with Gasteiger partial charge in [0.05, 0.1) is 25.6 Å². The van der Waals surface area contributed by atoms with Crippen LogP contribution >= 0.6 is 0 Å². The van der Waals surface area contributed by atoms with Crippen LogP contribution in [0, 0.1) is 0 Å². The quantitative estimate of drug-likeness (QED) is 0.389. The van der Waals surface area contributed by atoms with Gasteiger partial charge in [0.2, 0.25) is 0 Å². The Balaban J connectivity index is 2.31. The first-order chi connectivity index (χ1) is 11.7. The highest BCUT2D eigenvalue weighted by Gasteiger charge is 2.03. The Bertz CT molecular complexity index is 497. The Labute approximate surface area is 140 Å². The number of carbonyl (C=O) groups is 2. The van der Waals surface area contributed by atoms with E-state index in [0.717, 1.165) is 0 Å². The molecular weight excluding hydrogens is 312 g/mol. The minimum absolute atomic E-state index is 0.344. The second-order valence-corrected chi connectivity index (χ2v) is 4.41. The highest BCUT2D eigenvalue weighted by Crippen LogP contribution is 2.13. The third kappa shape index (κ3) is 8.32. The van der Waals surface area contributed by atoms with Gasteiger partial charge in [0, 0.05) is 11.4 Å². The fraction of sp³-hybridized carbons (Fsp3) is 0.250. The van der Waals surface area contributed by atoms with E-state index in [2.05, 4.69) is 34.4 Å². The summed E-state index contributed by atoms with van der Waals surface area (Å²) in [6, 6.07) is 6.02. The van der Waals surface area contributed by atoms with Crippen molar-refractivity contribution in [2.24, 2.45) is 0 Å². The molecule has 0 radical (unpaired) electrons. The first-order valence-electron chi connectivity index (χ1n) is 7.30. The average Bonchev–Trinajstić information content (AvgIpc) is 2.57. The first-order valence-corrected chi connectivity index (χ1v) is 7.30. The highest BCUT2D eigenvalue weighted by atomic mass is 16.5. The summed E-state index contributed by atoms with van der Waals surface area (Å²) in [6.07, 6.45) is 2.63. The zero-order chi connectivity index (χ0) is 17.6. The SMILES string of the molecule is C=COCCNC(=O)Nc1ccc(NC(=O)NCCOC=C)cc1. The summed E-state index contributed by atoms with van der Waals surface area (Å²) in [4.78, 5) is 23.2. The minimum atomic E-state index is -0.344. The molecule has 0 aliphatic rings. The van der Waals surface area contributed by atoms with Crippen LogP contribution in [-0.4, -0.2) is 38.4 Å². The molecule has 1 aromatic rings. The number of amides is 4. The number of anilines is 2. The van der Waals surface area contributed by atoms with E-state index in [4.69, 9.17) is 9.47 Å². The van der Waals surface area contributed by atoms with Gasteiger partial charge in [0.1, 0.15) is 13.2 Å². The van der Waals surface area contributed by atoms with Gasteiger partial charge in [0.15, 0.2) is 0 Å². The molecule has 4 amide bonds. The zero-order valence-corrected chi connectivity index (χ0v) is 13.3. The summed E-state index contributed by atoms with van der Waals surface area (Å²) in [5.74, 6) is 0. The monoisotopic (exact) mass is 334 g/mol. The molecule has 0 spiro atoms. The number of ether oxygens (including phenoxy) is 2. The van der Waals surface area contributed by atoms with Crippen LogP contribution in [0.3, 0.4) is 0 Å². The van der Waals surface area contributed by atoms with Crippen molar-refractivity contribution in [2.45, 2.75) is 0 Å². The van der Waals surface area contributed by atoms with Crippen molar-refractivity contribution in [3.63, 3.8) is 0 Å². The van der Waals surface area contributed by atoms with Gasteiger partial charge in [-0.2, -0.15) is 0 Å². The van der Waals surface area contributed by atoms with Crippen molar-refractivity contribution in [1.82, 2.24) is 10.6 Å². The molecule has 130 valence electrons. The maximum Gasteiger partial charge on any atom is 0.319 e. The highest BCUT2D eigenvalue weighted by molar-refractivity contribution is 5.91. The van der Waals surface area contributed by atoms with Gasteiger partial charge >= 0.3 is 12.1 Å². The van der Waals surface area contributed by atoms with Gasteiger partial charge in [0.25, 0.3) is 0 Å². The third-order valence-corrected chi connectivity index (χ3v) is 2.65. The van der Waals surface area contributed by atoms with Gasteiger partial charge < -0.3 is 30.7 Å². The molecule has 24 heavy (non-hydrogen) atoms. The largest absolute Gasteiger partial charge is 0.500 e. The Morgan fingerprint density at radius 2 is 1.21 bits per heavy atom. The number of benzene rings is 1. The standard InChI is InChI=1S/C16H22N4O4/c1-3-23-11-9-17-15(21)19-13-5-7-14(8-6-13)20-16(22)18-10-12-24-4-2/h3-8H,1-2,9-12H2,(H2,17,19,21)(H2,18,20,22). The fourth-order valence-electron chi connectivity index (χ4n) is 1.60. The predicted molar refractivity (Wildman–Crippen MR) is 92.8 cm³/mol. The van der Waals surface area contributed by atoms with Gasteiger partial charge in [-0.1, -0.05) is 13.2 Å². The van der Waals surface area contributed by atoms with E-state index in [-0.39, 0.29) is 12.1 Å². The molecule has 8 heteroatoms. The van der Waals surface area contributed by atoms with E-state index < -0.39 is 0 Å². The van der Waals surface area contributed by atoms with Crippen LogP contribution in [0.25, 0.3) is 0 Å². The molecule has 0 aliphatic carbocycles. The summed E-state index contributed by atoms with van der Waals surface area (Å²) in [7, 11) is 0. The number of hydrogen-bond acceptors (Lipinski definition) is 4. The lowest BCUT2D eigenvalue weighted by Crippen LogP contribution is -2.31. The second kappa shape index (κ2) is 11.4. The van der Waals surface area contributed by atoms with Gasteiger partial charge in [-0.15, -0.1) is 0 Å². The van der Waals surface area contributed by atoms with Crippen LogP contribution in [-0.2, 0) is 9.47 Å². The number of urea groups is 2. The van der Waals surface area contributed by atoms with E-state index >= 15 is 0 Å². The summed E-state index contributed by atoms with van der Waals surface area (Å²) in [5, 5.41) is 10.6. The summed E-state index contributed by atoms with van der Waals surface area (Å²) < 4.78 is 9.78. The Morgan fingerprint density at radius 1 is 0.833 bits per heavy atom. The molecule has 0 fully saturated rings. The molecule has 4 N–H and O–H groups in total. The van der Waals surface area contributed by atoms with E-state index in [1.54, 1.807) is 24.3 Å². The van der Waals surface area contributed by atoms with Gasteiger partial charge in [-0.25, -0.2) is 9.59 Å². The fourth-order valence-corrected chi connectivity index (χ4v) is 1.60. The summed E-state index contributed by atoms with van der Waals surface area (Å²) in [6.45, 7) is 8.25. The number of nitrogens with one attached hydrogen (secondary N) is 4. The molecule has 0 saturated heterocycles. The van der Waals surface area contributed by atoms with Gasteiger partial charge in [-0.3, -0.25) is 0 Å². The Hall–Kier alpha value is -3.16. The normalized spacial score (nSPS) is 9.33. The molecule has 0 heterocycles. The van der Waals surface area contributed by atoms with Crippen molar-refractivity contribution in [3.8, 4) is 0 Å². The lowest BCUT2D eigenvalue weighted by Gasteiger charge is -2.10. The number of carbonyl (C=O) groups excluding carboxylic acids is 2. The molecule has 1 aromatic carbocycles. The molecule has 1 rings (SSSR count). The van der Waals surface area contributed by atoms with Crippen LogP contribution in [0.5, 0.6) is 0 Å². The van der Waals surface area contributed by atoms with Crippen LogP contribution < -0.4 is 21.3 Å². The average molecular weight is 334 g/mol. The zero-order valence-electron chi connectivity index (χ0n) is 13.3. The van der Waals surface area contributed by atoms with Crippen LogP contribution in [0.1, 0.15) is 0 Å². The molecule has 0 unspecified atom stereocenters. The lowest BCUT2D eigenvalue weighted by molar-refractivity contribution is 0.234. The lowest BCUT2D eigenvalue weighted by atomic mass is 10.3. The topological polar surface area (TPSA) is 101 Å². The van der Waals surface area contributed by atoms with Gasteiger partial charge in [-0.05, 0) is 24.3 Å². The number of rotatable bonds is 10. The molecule has 0 aromatic heterocycles. The van der Waals surface area contributed by atoms with Crippen molar-refractivity contribution in [2.75, 3.05) is 36.9 Å². The van der Waals surface area contributed by atoms with E-state index in [9.17, 15) is 9.59 Å². The van der Waals surface area contributed by atoms with Crippen LogP contribution in [0.15, 0.2) is 49.9 Å². The smallest absolute Gasteiger partial charge is 0.319 e. The van der Waals surface area contributed by atoms with Crippen molar-refractivity contribution < 1.29 is 19.1 Å². The van der Waals surface area contributed by atoms with E-state index in [1.165, 1.54) is 12.5 Å². The third-order valence-electron chi connectivity index (χ3n) is 2.65. The van der Waals surface area contributed by atoms with E-state index in [0.29, 0.717) is 37.7 Å². The minimum Gasteiger partial charge on any atom is -0.500 e. The van der Waals surface area contributed by atoms with Crippen molar-refractivity contribution >= 4 is 23.4 Å². The molecule has 0 aliphatic heterocycles. The Kier molecular flexibility index (Phi) is 8.98. The first kappa shape index (κ1) is 18.9. The predicted octanol–water partition coefficient (Wildman–Crippen LogP) is 2.25. The van der Waals surface area contributed by atoms with Crippen LogP contribution in [0.2, 0.25) is 0 Å².